The van der Waals surface area contributed by atoms with E-state index in [9.17, 15) is 0 Å². The number of hydrogen-bond acceptors (Lipinski definition) is 4. The van der Waals surface area contributed by atoms with Crippen LogP contribution in [0.2, 0.25) is 0 Å². The molecular formula is C14H23NO2S. The maximum atomic E-state index is 5.62. The van der Waals surface area contributed by atoms with Crippen LogP contribution in [-0.4, -0.2) is 26.5 Å². The Kier molecular flexibility index (Phi) is 6.36. The molecular weight excluding hydrogens is 246 g/mol. The van der Waals surface area contributed by atoms with Crippen molar-refractivity contribution in [2.24, 2.45) is 11.7 Å². The van der Waals surface area contributed by atoms with Crippen LogP contribution in [0.15, 0.2) is 12.1 Å². The molecule has 1 aromatic carbocycles. The van der Waals surface area contributed by atoms with Gasteiger partial charge in [0, 0.05) is 5.75 Å². The molecule has 0 saturated carbocycles. The molecule has 1 unspecified atom stereocenters. The summed E-state index contributed by atoms with van der Waals surface area (Å²) in [5.74, 6) is 4.22. The lowest BCUT2D eigenvalue weighted by atomic mass is 10.1. The van der Waals surface area contributed by atoms with Crippen molar-refractivity contribution in [3.8, 4) is 11.5 Å². The Morgan fingerprint density at radius 1 is 1.22 bits per heavy atom. The van der Waals surface area contributed by atoms with Crippen LogP contribution in [-0.2, 0) is 5.75 Å². The first-order chi connectivity index (χ1) is 8.62. The topological polar surface area (TPSA) is 44.5 Å². The first-order valence-corrected chi connectivity index (χ1v) is 7.27. The summed E-state index contributed by atoms with van der Waals surface area (Å²) in [5, 5.41) is 0. The van der Waals surface area contributed by atoms with Crippen molar-refractivity contribution in [2.45, 2.75) is 19.6 Å². The maximum absolute atomic E-state index is 5.62. The molecule has 0 fully saturated rings. The minimum atomic E-state index is 0.565. The summed E-state index contributed by atoms with van der Waals surface area (Å²) in [6.07, 6.45) is 0. The van der Waals surface area contributed by atoms with E-state index in [-0.39, 0.29) is 0 Å². The predicted octanol–water partition coefficient (Wildman–Crippen LogP) is 2.84. The number of thioether (sulfide) groups is 1. The molecule has 18 heavy (non-hydrogen) atoms. The second-order valence-corrected chi connectivity index (χ2v) is 5.52. The number of methoxy groups -OCH3 is 2. The van der Waals surface area contributed by atoms with Gasteiger partial charge >= 0.3 is 0 Å². The van der Waals surface area contributed by atoms with E-state index in [1.807, 2.05) is 17.8 Å². The quantitative estimate of drug-likeness (QED) is 0.826. The van der Waals surface area contributed by atoms with Crippen molar-refractivity contribution in [3.05, 3.63) is 23.3 Å². The van der Waals surface area contributed by atoms with Gasteiger partial charge in [-0.1, -0.05) is 6.92 Å². The van der Waals surface area contributed by atoms with Crippen LogP contribution in [0.3, 0.4) is 0 Å². The fourth-order valence-corrected chi connectivity index (χ4v) is 2.80. The molecule has 0 spiro atoms. The lowest BCUT2D eigenvalue weighted by Gasteiger charge is -2.13. The van der Waals surface area contributed by atoms with E-state index >= 15 is 0 Å². The van der Waals surface area contributed by atoms with Gasteiger partial charge in [0.2, 0.25) is 0 Å². The Hall–Kier alpha value is -0.870. The fourth-order valence-electron chi connectivity index (χ4n) is 1.62. The Balaban J connectivity index is 2.71. The third kappa shape index (κ3) is 4.10. The summed E-state index contributed by atoms with van der Waals surface area (Å²) in [7, 11) is 3.33. The fraction of sp³-hybridized carbons (Fsp3) is 0.571. The van der Waals surface area contributed by atoms with E-state index in [0.29, 0.717) is 5.92 Å². The van der Waals surface area contributed by atoms with Gasteiger partial charge in [-0.15, -0.1) is 0 Å². The van der Waals surface area contributed by atoms with E-state index < -0.39 is 0 Å². The van der Waals surface area contributed by atoms with Crippen molar-refractivity contribution < 1.29 is 9.47 Å². The number of nitrogens with two attached hydrogens (primary N) is 1. The van der Waals surface area contributed by atoms with Gasteiger partial charge in [0.1, 0.15) is 0 Å². The maximum Gasteiger partial charge on any atom is 0.161 e. The van der Waals surface area contributed by atoms with Gasteiger partial charge in [-0.25, -0.2) is 0 Å². The van der Waals surface area contributed by atoms with Crippen LogP contribution in [0.25, 0.3) is 0 Å². The van der Waals surface area contributed by atoms with Crippen molar-refractivity contribution in [2.75, 3.05) is 26.5 Å². The zero-order valence-electron chi connectivity index (χ0n) is 11.7. The number of benzene rings is 1. The van der Waals surface area contributed by atoms with Crippen LogP contribution >= 0.6 is 11.8 Å². The average molecular weight is 269 g/mol. The van der Waals surface area contributed by atoms with Crippen LogP contribution < -0.4 is 15.2 Å². The van der Waals surface area contributed by atoms with Gasteiger partial charge in [-0.05, 0) is 48.4 Å². The molecule has 0 saturated heterocycles. The Bertz CT molecular complexity index is 382. The molecule has 0 heterocycles. The Labute approximate surface area is 114 Å². The SMILES string of the molecule is COc1cc(C)c(CSCC(C)CN)cc1OC. The van der Waals surface area contributed by atoms with E-state index in [1.54, 1.807) is 14.2 Å². The zero-order valence-corrected chi connectivity index (χ0v) is 12.5. The summed E-state index contributed by atoms with van der Waals surface area (Å²) >= 11 is 1.91. The molecule has 0 bridgehead atoms. The molecule has 0 aliphatic rings. The minimum Gasteiger partial charge on any atom is -0.493 e. The first kappa shape index (κ1) is 15.2. The molecule has 0 aliphatic heterocycles. The smallest absolute Gasteiger partial charge is 0.161 e. The first-order valence-electron chi connectivity index (χ1n) is 6.11. The third-order valence-corrected chi connectivity index (χ3v) is 4.22. The number of hydrogen-bond donors (Lipinski definition) is 1. The molecule has 0 radical (unpaired) electrons. The molecule has 0 aromatic heterocycles. The van der Waals surface area contributed by atoms with Crippen LogP contribution in [0.5, 0.6) is 11.5 Å². The van der Waals surface area contributed by atoms with Crippen LogP contribution in [0.1, 0.15) is 18.1 Å². The monoisotopic (exact) mass is 269 g/mol. The molecule has 0 aliphatic carbocycles. The predicted molar refractivity (Wildman–Crippen MR) is 78.7 cm³/mol. The second kappa shape index (κ2) is 7.54. The minimum absolute atomic E-state index is 0.565. The lowest BCUT2D eigenvalue weighted by molar-refractivity contribution is 0.354. The molecule has 0 amide bonds. The van der Waals surface area contributed by atoms with Gasteiger partial charge < -0.3 is 15.2 Å². The Morgan fingerprint density at radius 2 is 1.83 bits per heavy atom. The van der Waals surface area contributed by atoms with E-state index in [1.165, 1.54) is 11.1 Å². The second-order valence-electron chi connectivity index (χ2n) is 4.49. The molecule has 4 heteroatoms. The van der Waals surface area contributed by atoms with Gasteiger partial charge in [0.05, 0.1) is 14.2 Å². The third-order valence-electron chi connectivity index (χ3n) is 2.90. The summed E-state index contributed by atoms with van der Waals surface area (Å²) in [4.78, 5) is 0. The van der Waals surface area contributed by atoms with Crippen molar-refractivity contribution in [3.63, 3.8) is 0 Å². The molecule has 1 rings (SSSR count). The van der Waals surface area contributed by atoms with Gasteiger partial charge in [-0.2, -0.15) is 11.8 Å². The van der Waals surface area contributed by atoms with E-state index in [4.69, 9.17) is 15.2 Å². The summed E-state index contributed by atoms with van der Waals surface area (Å²) in [5.41, 5.74) is 8.15. The van der Waals surface area contributed by atoms with Crippen LogP contribution in [0.4, 0.5) is 0 Å². The highest BCUT2D eigenvalue weighted by Gasteiger charge is 2.09. The molecule has 3 nitrogen and oxygen atoms in total. The highest BCUT2D eigenvalue weighted by molar-refractivity contribution is 7.98. The molecule has 1 atom stereocenters. The van der Waals surface area contributed by atoms with Gasteiger partial charge in [0.15, 0.2) is 11.5 Å². The summed E-state index contributed by atoms with van der Waals surface area (Å²) in [6.45, 7) is 5.02. The standard InChI is InChI=1S/C14H23NO2S/c1-10(7-15)8-18-9-12-6-14(17-4)13(16-3)5-11(12)2/h5-6,10H,7-9,15H2,1-4H3. The van der Waals surface area contributed by atoms with Gasteiger partial charge in [-0.3, -0.25) is 0 Å². The van der Waals surface area contributed by atoms with Crippen molar-refractivity contribution in [1.82, 2.24) is 0 Å². The number of aryl methyl sites for hydroxylation is 1. The van der Waals surface area contributed by atoms with Crippen molar-refractivity contribution >= 4 is 11.8 Å². The van der Waals surface area contributed by atoms with E-state index in [2.05, 4.69) is 19.9 Å². The largest absolute Gasteiger partial charge is 0.493 e. The average Bonchev–Trinajstić information content (AvgIpc) is 2.39. The highest BCUT2D eigenvalue weighted by atomic mass is 32.2. The zero-order chi connectivity index (χ0) is 13.5. The number of ether oxygens (including phenoxy) is 2. The number of rotatable bonds is 7. The Morgan fingerprint density at radius 3 is 2.39 bits per heavy atom. The van der Waals surface area contributed by atoms with Crippen molar-refractivity contribution in [1.29, 1.82) is 0 Å². The molecule has 2 N–H and O–H groups in total. The molecule has 102 valence electrons. The lowest BCUT2D eigenvalue weighted by Crippen LogP contribution is -2.12. The normalized spacial score (nSPS) is 12.3. The van der Waals surface area contributed by atoms with E-state index in [0.717, 1.165) is 29.5 Å². The summed E-state index contributed by atoms with van der Waals surface area (Å²) < 4.78 is 10.6. The highest BCUT2D eigenvalue weighted by Crippen LogP contribution is 2.32. The molecule has 1 aromatic rings. The van der Waals surface area contributed by atoms with Gasteiger partial charge in [0.25, 0.3) is 0 Å². The summed E-state index contributed by atoms with van der Waals surface area (Å²) in [6, 6.07) is 4.09. The van der Waals surface area contributed by atoms with Crippen LogP contribution in [0, 0.1) is 12.8 Å².